The van der Waals surface area contributed by atoms with E-state index in [1.807, 2.05) is 6.07 Å². The molecular weight excluding hydrogens is 322 g/mol. The predicted molar refractivity (Wildman–Crippen MR) is 86.1 cm³/mol. The van der Waals surface area contributed by atoms with Gasteiger partial charge in [0, 0.05) is 12.6 Å². The van der Waals surface area contributed by atoms with Gasteiger partial charge in [-0.2, -0.15) is 5.26 Å². The lowest BCUT2D eigenvalue weighted by Crippen LogP contribution is -2.42. The molecule has 1 aliphatic carbocycles. The molecule has 7 nitrogen and oxygen atoms in total. The Morgan fingerprint density at radius 2 is 1.80 bits per heavy atom. The first kappa shape index (κ1) is 16.6. The van der Waals surface area contributed by atoms with Crippen molar-refractivity contribution in [2.45, 2.75) is 12.8 Å². The van der Waals surface area contributed by atoms with Crippen LogP contribution in [0.2, 0.25) is 0 Å². The van der Waals surface area contributed by atoms with Crippen LogP contribution >= 0.6 is 0 Å². The Morgan fingerprint density at radius 3 is 2.44 bits per heavy atom. The number of pyridine rings is 2. The molecule has 0 atom stereocenters. The molecule has 0 saturated heterocycles. The van der Waals surface area contributed by atoms with Crippen molar-refractivity contribution in [1.29, 1.82) is 5.26 Å². The van der Waals surface area contributed by atoms with Gasteiger partial charge in [0.25, 0.3) is 0 Å². The lowest BCUT2D eigenvalue weighted by Gasteiger charge is -2.22. The first-order valence-electron chi connectivity index (χ1n) is 7.56. The van der Waals surface area contributed by atoms with E-state index in [4.69, 9.17) is 14.7 Å². The number of esters is 2. The monoisotopic (exact) mass is 337 g/mol. The summed E-state index contributed by atoms with van der Waals surface area (Å²) in [5.41, 5.74) is 1.63. The molecule has 0 amide bonds. The molecule has 0 saturated carbocycles. The number of hydrogen-bond acceptors (Lipinski definition) is 7. The van der Waals surface area contributed by atoms with Crippen molar-refractivity contribution in [2.75, 3.05) is 14.2 Å². The Hall–Kier alpha value is -3.27. The molecule has 2 aromatic rings. The van der Waals surface area contributed by atoms with Crippen LogP contribution in [0.1, 0.15) is 16.8 Å². The molecule has 2 aromatic heterocycles. The fourth-order valence-electron chi connectivity index (χ4n) is 3.10. The third kappa shape index (κ3) is 2.72. The van der Waals surface area contributed by atoms with Gasteiger partial charge in [-0.25, -0.2) is 4.98 Å². The van der Waals surface area contributed by atoms with E-state index in [0.29, 0.717) is 17.1 Å². The normalized spacial score (nSPS) is 14.3. The summed E-state index contributed by atoms with van der Waals surface area (Å²) in [6.45, 7) is 0. The van der Waals surface area contributed by atoms with E-state index in [1.165, 1.54) is 14.2 Å². The van der Waals surface area contributed by atoms with Gasteiger partial charge in [0.1, 0.15) is 11.8 Å². The summed E-state index contributed by atoms with van der Waals surface area (Å²) < 4.78 is 9.66. The van der Waals surface area contributed by atoms with Gasteiger partial charge in [-0.05, 0) is 35.7 Å². The van der Waals surface area contributed by atoms with Crippen LogP contribution < -0.4 is 0 Å². The third-order valence-electron chi connectivity index (χ3n) is 4.35. The van der Waals surface area contributed by atoms with Crippen LogP contribution in [0.3, 0.4) is 0 Å². The molecule has 0 aromatic carbocycles. The number of carbonyl (C=O) groups is 2. The highest BCUT2D eigenvalue weighted by Gasteiger charge is 2.52. The van der Waals surface area contributed by atoms with Gasteiger partial charge in [0.15, 0.2) is 5.41 Å². The molecule has 0 unspecified atom stereocenters. The van der Waals surface area contributed by atoms with Crippen LogP contribution in [-0.4, -0.2) is 36.1 Å². The molecule has 0 fully saturated rings. The maximum atomic E-state index is 12.3. The average molecular weight is 337 g/mol. The van der Waals surface area contributed by atoms with E-state index in [-0.39, 0.29) is 12.8 Å². The van der Waals surface area contributed by atoms with Crippen LogP contribution in [0.5, 0.6) is 0 Å². The molecule has 25 heavy (non-hydrogen) atoms. The quantitative estimate of drug-likeness (QED) is 0.617. The Balaban J connectivity index is 2.01. The molecule has 2 heterocycles. The summed E-state index contributed by atoms with van der Waals surface area (Å²) in [5.74, 6) is -1.25. The summed E-state index contributed by atoms with van der Waals surface area (Å²) in [4.78, 5) is 33.1. The number of nitriles is 1. The summed E-state index contributed by atoms with van der Waals surface area (Å²) >= 11 is 0. The van der Waals surface area contributed by atoms with Crippen LogP contribution in [-0.2, 0) is 31.9 Å². The second-order valence-corrected chi connectivity index (χ2v) is 5.78. The van der Waals surface area contributed by atoms with E-state index in [9.17, 15) is 9.59 Å². The molecule has 0 bridgehead atoms. The number of methoxy groups -OCH3 is 2. The number of fused-ring (bicyclic) bond motifs is 1. The van der Waals surface area contributed by atoms with E-state index in [0.717, 1.165) is 11.1 Å². The van der Waals surface area contributed by atoms with Gasteiger partial charge in [0.2, 0.25) is 0 Å². The van der Waals surface area contributed by atoms with Crippen molar-refractivity contribution < 1.29 is 19.1 Å². The lowest BCUT2D eigenvalue weighted by atomic mass is 9.85. The van der Waals surface area contributed by atoms with Gasteiger partial charge in [-0.3, -0.25) is 14.6 Å². The zero-order chi connectivity index (χ0) is 18.0. The Morgan fingerprint density at radius 1 is 1.12 bits per heavy atom. The lowest BCUT2D eigenvalue weighted by molar-refractivity contribution is -0.168. The summed E-state index contributed by atoms with van der Waals surface area (Å²) in [6, 6.07) is 8.85. The van der Waals surface area contributed by atoms with Gasteiger partial charge in [0.05, 0.1) is 25.6 Å². The summed E-state index contributed by atoms with van der Waals surface area (Å²) in [6.07, 6.45) is 1.98. The van der Waals surface area contributed by atoms with E-state index < -0.39 is 17.4 Å². The van der Waals surface area contributed by atoms with Crippen molar-refractivity contribution in [3.05, 3.63) is 47.3 Å². The van der Waals surface area contributed by atoms with Gasteiger partial charge < -0.3 is 9.47 Å². The van der Waals surface area contributed by atoms with Crippen molar-refractivity contribution in [2.24, 2.45) is 5.41 Å². The molecule has 7 heteroatoms. The highest BCUT2D eigenvalue weighted by Crippen LogP contribution is 2.40. The van der Waals surface area contributed by atoms with Crippen LogP contribution in [0.4, 0.5) is 0 Å². The smallest absolute Gasteiger partial charge is 0.323 e. The molecule has 3 rings (SSSR count). The standard InChI is InChI=1S/C18H15N3O4/c1-24-16(22)18(17(23)25-2)7-11-6-15(20-10-12(11)8-18)14-5-3-4-13(9-19)21-14/h3-6,10H,7-8H2,1-2H3. The minimum Gasteiger partial charge on any atom is -0.468 e. The zero-order valence-corrected chi connectivity index (χ0v) is 13.8. The molecule has 126 valence electrons. The molecule has 0 radical (unpaired) electrons. The maximum absolute atomic E-state index is 12.3. The maximum Gasteiger partial charge on any atom is 0.323 e. The van der Waals surface area contributed by atoms with E-state index >= 15 is 0 Å². The van der Waals surface area contributed by atoms with Gasteiger partial charge >= 0.3 is 11.9 Å². The molecule has 0 N–H and O–H groups in total. The number of aromatic nitrogens is 2. The van der Waals surface area contributed by atoms with Crippen molar-refractivity contribution >= 4 is 11.9 Å². The summed E-state index contributed by atoms with van der Waals surface area (Å²) in [7, 11) is 2.49. The fraction of sp³-hybridized carbons (Fsp3) is 0.278. The highest BCUT2D eigenvalue weighted by molar-refractivity contribution is 6.01. The Labute approximate surface area is 144 Å². The topological polar surface area (TPSA) is 102 Å². The van der Waals surface area contributed by atoms with Crippen molar-refractivity contribution in [3.8, 4) is 17.5 Å². The molecule has 0 spiro atoms. The second kappa shape index (κ2) is 6.32. The number of rotatable bonds is 3. The molecule has 1 aliphatic rings. The zero-order valence-electron chi connectivity index (χ0n) is 13.8. The number of nitrogens with zero attached hydrogens (tertiary/aromatic N) is 3. The Kier molecular flexibility index (Phi) is 4.19. The van der Waals surface area contributed by atoms with Crippen LogP contribution in [0.15, 0.2) is 30.5 Å². The van der Waals surface area contributed by atoms with Gasteiger partial charge in [-0.1, -0.05) is 6.07 Å². The fourth-order valence-corrected chi connectivity index (χ4v) is 3.10. The Bertz CT molecular complexity index is 885. The molecular formula is C18H15N3O4. The number of ether oxygens (including phenoxy) is 2. The van der Waals surface area contributed by atoms with Crippen LogP contribution in [0, 0.1) is 16.7 Å². The highest BCUT2D eigenvalue weighted by atomic mass is 16.5. The summed E-state index contributed by atoms with van der Waals surface area (Å²) in [5, 5.41) is 8.97. The van der Waals surface area contributed by atoms with Crippen LogP contribution in [0.25, 0.3) is 11.4 Å². The second-order valence-electron chi connectivity index (χ2n) is 5.78. The molecule has 0 aliphatic heterocycles. The van der Waals surface area contributed by atoms with Gasteiger partial charge in [-0.15, -0.1) is 0 Å². The van der Waals surface area contributed by atoms with Crippen molar-refractivity contribution in [3.63, 3.8) is 0 Å². The SMILES string of the molecule is COC(=O)C1(C(=O)OC)Cc2cnc(-c3cccc(C#N)n3)cc2C1. The van der Waals surface area contributed by atoms with E-state index in [2.05, 4.69) is 9.97 Å². The number of carbonyl (C=O) groups excluding carboxylic acids is 2. The average Bonchev–Trinajstić information content (AvgIpc) is 3.06. The first-order valence-corrected chi connectivity index (χ1v) is 7.56. The first-order chi connectivity index (χ1) is 12.0. The van der Waals surface area contributed by atoms with E-state index in [1.54, 1.807) is 30.5 Å². The predicted octanol–water partition coefficient (Wildman–Crippen LogP) is 1.45. The third-order valence-corrected chi connectivity index (χ3v) is 4.35. The van der Waals surface area contributed by atoms with Crippen molar-refractivity contribution in [1.82, 2.24) is 9.97 Å². The largest absolute Gasteiger partial charge is 0.468 e. The minimum atomic E-state index is -1.38. The number of hydrogen-bond donors (Lipinski definition) is 0. The minimum absolute atomic E-state index is 0.176.